The Morgan fingerprint density at radius 1 is 1.15 bits per heavy atom. The number of nitrogens with zero attached hydrogens (tertiary/aromatic N) is 3. The first-order valence-electron chi connectivity index (χ1n) is 8.64. The molecule has 1 aromatic heterocycles. The molecule has 1 fully saturated rings. The van der Waals surface area contributed by atoms with Gasteiger partial charge in [-0.15, -0.1) is 0 Å². The van der Waals surface area contributed by atoms with Gasteiger partial charge in [0.05, 0.1) is 4.91 Å². The molecule has 1 aliphatic heterocycles. The van der Waals surface area contributed by atoms with Crippen LogP contribution in [0.25, 0.3) is 11.8 Å². The van der Waals surface area contributed by atoms with E-state index in [1.54, 1.807) is 6.08 Å². The molecule has 1 unspecified atom stereocenters. The average molecular weight is 369 g/mol. The van der Waals surface area contributed by atoms with E-state index in [-0.39, 0.29) is 17.2 Å². The van der Waals surface area contributed by atoms with Crippen LogP contribution in [-0.4, -0.2) is 40.8 Å². The third kappa shape index (κ3) is 3.42. The Morgan fingerprint density at radius 2 is 1.85 bits per heavy atom. The van der Waals surface area contributed by atoms with Crippen LogP contribution >= 0.6 is 11.8 Å². The topological polar surface area (TPSA) is 45.6 Å². The van der Waals surface area contributed by atoms with Crippen molar-refractivity contribution in [2.75, 3.05) is 19.0 Å². The number of rotatable bonds is 5. The van der Waals surface area contributed by atoms with Crippen LogP contribution in [-0.2, 0) is 4.79 Å². The number of anilines is 1. The summed E-state index contributed by atoms with van der Waals surface area (Å²) < 4.78 is 2.01. The molecule has 3 rings (SSSR count). The molecule has 1 atom stereocenters. The van der Waals surface area contributed by atoms with Gasteiger partial charge in [0.1, 0.15) is 0 Å². The number of thioether (sulfide) groups is 1. The summed E-state index contributed by atoms with van der Waals surface area (Å²) in [5.41, 5.74) is 3.00. The van der Waals surface area contributed by atoms with Crippen molar-refractivity contribution in [3.05, 3.63) is 53.2 Å². The minimum atomic E-state index is -0.204. The number of amides is 2. The molecule has 2 amide bonds. The van der Waals surface area contributed by atoms with Crippen molar-refractivity contribution in [3.63, 3.8) is 0 Å². The van der Waals surface area contributed by atoms with E-state index in [1.807, 2.05) is 67.9 Å². The first-order chi connectivity index (χ1) is 12.4. The average Bonchev–Trinajstić information content (AvgIpc) is 3.19. The van der Waals surface area contributed by atoms with Gasteiger partial charge in [0.15, 0.2) is 0 Å². The number of hydrogen-bond acceptors (Lipinski definition) is 4. The second-order valence-corrected chi connectivity index (χ2v) is 7.52. The van der Waals surface area contributed by atoms with Crippen LogP contribution in [0.1, 0.15) is 26.0 Å². The highest BCUT2D eigenvalue weighted by atomic mass is 32.2. The molecular weight excluding hydrogens is 346 g/mol. The third-order valence-electron chi connectivity index (χ3n) is 4.56. The van der Waals surface area contributed by atoms with Crippen molar-refractivity contribution in [1.29, 1.82) is 0 Å². The SMILES string of the molecule is CCC(C)N1C(=O)S/C(=C/c2cccn2-c2ccc(N(C)C)cc2)C1=O. The van der Waals surface area contributed by atoms with E-state index in [4.69, 9.17) is 0 Å². The van der Waals surface area contributed by atoms with Gasteiger partial charge in [-0.1, -0.05) is 6.92 Å². The van der Waals surface area contributed by atoms with Crippen molar-refractivity contribution < 1.29 is 9.59 Å². The third-order valence-corrected chi connectivity index (χ3v) is 5.44. The van der Waals surface area contributed by atoms with Gasteiger partial charge in [0, 0.05) is 43.4 Å². The van der Waals surface area contributed by atoms with Crippen molar-refractivity contribution in [1.82, 2.24) is 9.47 Å². The molecule has 136 valence electrons. The molecule has 0 bridgehead atoms. The van der Waals surface area contributed by atoms with Gasteiger partial charge < -0.3 is 9.47 Å². The summed E-state index contributed by atoms with van der Waals surface area (Å²) in [4.78, 5) is 28.7. The molecule has 1 aromatic carbocycles. The monoisotopic (exact) mass is 369 g/mol. The fourth-order valence-electron chi connectivity index (χ4n) is 2.83. The number of hydrogen-bond donors (Lipinski definition) is 0. The molecule has 0 aliphatic carbocycles. The number of imide groups is 1. The lowest BCUT2D eigenvalue weighted by molar-refractivity contribution is -0.124. The van der Waals surface area contributed by atoms with Crippen LogP contribution in [0.4, 0.5) is 10.5 Å². The van der Waals surface area contributed by atoms with E-state index < -0.39 is 0 Å². The maximum atomic E-state index is 12.6. The summed E-state index contributed by atoms with van der Waals surface area (Å²) >= 11 is 1.01. The van der Waals surface area contributed by atoms with Gasteiger partial charge in [-0.3, -0.25) is 14.5 Å². The Bertz CT molecular complexity index is 852. The first-order valence-corrected chi connectivity index (χ1v) is 9.46. The van der Waals surface area contributed by atoms with Crippen molar-refractivity contribution >= 4 is 34.7 Å². The standard InChI is InChI=1S/C20H23N3O2S/c1-5-14(2)23-19(24)18(26-20(23)25)13-17-7-6-12-22(17)16-10-8-15(9-11-16)21(3)4/h6-14H,5H2,1-4H3/b18-13+. The van der Waals surface area contributed by atoms with Gasteiger partial charge in [-0.25, -0.2) is 0 Å². The second kappa shape index (κ2) is 7.41. The maximum absolute atomic E-state index is 12.6. The van der Waals surface area contributed by atoms with Gasteiger partial charge in [0.25, 0.3) is 11.1 Å². The molecule has 0 saturated carbocycles. The quantitative estimate of drug-likeness (QED) is 0.734. The second-order valence-electron chi connectivity index (χ2n) is 6.52. The van der Waals surface area contributed by atoms with E-state index >= 15 is 0 Å². The van der Waals surface area contributed by atoms with Crippen molar-refractivity contribution in [3.8, 4) is 5.69 Å². The van der Waals surface area contributed by atoms with Crippen molar-refractivity contribution in [2.24, 2.45) is 0 Å². The van der Waals surface area contributed by atoms with Crippen LogP contribution in [0.15, 0.2) is 47.5 Å². The van der Waals surface area contributed by atoms with Crippen LogP contribution in [0.2, 0.25) is 0 Å². The lowest BCUT2D eigenvalue weighted by atomic mass is 10.2. The van der Waals surface area contributed by atoms with Crippen molar-refractivity contribution in [2.45, 2.75) is 26.3 Å². The van der Waals surface area contributed by atoms with Crippen LogP contribution in [0.3, 0.4) is 0 Å². The zero-order chi connectivity index (χ0) is 18.8. The number of carbonyl (C=O) groups excluding carboxylic acids is 2. The molecule has 6 heteroatoms. The summed E-state index contributed by atoms with van der Waals surface area (Å²) in [6, 6.07) is 12.0. The summed E-state index contributed by atoms with van der Waals surface area (Å²) in [6.45, 7) is 3.87. The molecular formula is C20H23N3O2S. The Kier molecular flexibility index (Phi) is 5.23. The summed E-state index contributed by atoms with van der Waals surface area (Å²) in [5, 5.41) is -0.191. The van der Waals surface area contributed by atoms with Crippen LogP contribution < -0.4 is 4.90 Å². The Morgan fingerprint density at radius 3 is 2.46 bits per heavy atom. The number of aromatic nitrogens is 1. The predicted molar refractivity (Wildman–Crippen MR) is 108 cm³/mol. The molecule has 0 N–H and O–H groups in total. The van der Waals surface area contributed by atoms with E-state index in [1.165, 1.54) is 4.90 Å². The van der Waals surface area contributed by atoms with E-state index in [0.29, 0.717) is 4.91 Å². The summed E-state index contributed by atoms with van der Waals surface area (Å²) in [5.74, 6) is -0.204. The van der Waals surface area contributed by atoms with Gasteiger partial charge in [0.2, 0.25) is 0 Å². The Hall–Kier alpha value is -2.47. The molecule has 0 spiro atoms. The smallest absolute Gasteiger partial charge is 0.293 e. The Balaban J connectivity index is 1.91. The Labute approximate surface area is 158 Å². The number of carbonyl (C=O) groups is 2. The largest absolute Gasteiger partial charge is 0.378 e. The van der Waals surface area contributed by atoms with E-state index in [2.05, 4.69) is 12.1 Å². The molecule has 1 aliphatic rings. The molecule has 2 heterocycles. The van der Waals surface area contributed by atoms with Gasteiger partial charge in [-0.2, -0.15) is 0 Å². The van der Waals surface area contributed by atoms with Gasteiger partial charge >= 0.3 is 0 Å². The van der Waals surface area contributed by atoms with Gasteiger partial charge in [-0.05, 0) is 67.6 Å². The molecule has 0 radical (unpaired) electrons. The van der Waals surface area contributed by atoms with Crippen LogP contribution in [0, 0.1) is 0 Å². The summed E-state index contributed by atoms with van der Waals surface area (Å²) in [7, 11) is 4.01. The normalized spacial score (nSPS) is 17.2. The number of benzene rings is 1. The lowest BCUT2D eigenvalue weighted by Crippen LogP contribution is -2.36. The molecule has 5 nitrogen and oxygen atoms in total. The zero-order valence-electron chi connectivity index (χ0n) is 15.5. The highest BCUT2D eigenvalue weighted by Gasteiger charge is 2.37. The predicted octanol–water partition coefficient (Wildman–Crippen LogP) is 4.38. The molecule has 2 aromatic rings. The maximum Gasteiger partial charge on any atom is 0.293 e. The zero-order valence-corrected chi connectivity index (χ0v) is 16.3. The minimum Gasteiger partial charge on any atom is -0.378 e. The summed E-state index contributed by atoms with van der Waals surface area (Å²) in [6.07, 6.45) is 4.50. The molecule has 26 heavy (non-hydrogen) atoms. The fraction of sp³-hybridized carbons (Fsp3) is 0.300. The minimum absolute atomic E-state index is 0.0845. The molecule has 1 saturated heterocycles. The van der Waals surface area contributed by atoms with E-state index in [0.717, 1.165) is 35.3 Å². The van der Waals surface area contributed by atoms with E-state index in [9.17, 15) is 9.59 Å². The lowest BCUT2D eigenvalue weighted by Gasteiger charge is -2.19. The first kappa shape index (κ1) is 18.3. The highest BCUT2D eigenvalue weighted by Crippen LogP contribution is 2.34. The highest BCUT2D eigenvalue weighted by molar-refractivity contribution is 8.18. The van der Waals surface area contributed by atoms with Crippen LogP contribution in [0.5, 0.6) is 0 Å². The fourth-order valence-corrected chi connectivity index (χ4v) is 3.75.